The van der Waals surface area contributed by atoms with Gasteiger partial charge in [-0.15, -0.1) is 0 Å². The fourth-order valence-corrected chi connectivity index (χ4v) is 3.09. The van der Waals surface area contributed by atoms with E-state index >= 15 is 0 Å². The van der Waals surface area contributed by atoms with E-state index in [1.807, 2.05) is 6.07 Å². The number of carbonyl (C=O) groups excluding carboxylic acids is 1. The highest BCUT2D eigenvalue weighted by Crippen LogP contribution is 2.39. The first-order chi connectivity index (χ1) is 12.7. The molecule has 4 rings (SSSR count). The van der Waals surface area contributed by atoms with Gasteiger partial charge in [0.05, 0.1) is 10.7 Å². The predicted octanol–water partition coefficient (Wildman–Crippen LogP) is 2.41. The summed E-state index contributed by atoms with van der Waals surface area (Å²) >= 11 is 6.27. The van der Waals surface area contributed by atoms with Gasteiger partial charge >= 0.3 is 0 Å². The number of isocyanates is 1. The Kier molecular flexibility index (Phi) is 4.12. The van der Waals surface area contributed by atoms with Gasteiger partial charge in [-0.2, -0.15) is 5.12 Å². The number of hydrogen-bond acceptors (Lipinski definition) is 8. The molecule has 0 bridgehead atoms. The first-order valence-corrected chi connectivity index (χ1v) is 8.21. The number of rotatable bonds is 3. The molecule has 132 valence electrons. The Balaban J connectivity index is 1.75. The van der Waals surface area contributed by atoms with Crippen molar-refractivity contribution in [3.63, 3.8) is 0 Å². The molecule has 0 aromatic heterocycles. The van der Waals surface area contributed by atoms with Crippen molar-refractivity contribution in [1.82, 2.24) is 5.12 Å². The van der Waals surface area contributed by atoms with Crippen LogP contribution in [0.2, 0.25) is 5.02 Å². The molecule has 2 heterocycles. The fraction of sp³-hybridized carbons (Fsp3) is 0.176. The maximum absolute atomic E-state index is 11.0. The van der Waals surface area contributed by atoms with Gasteiger partial charge in [0.1, 0.15) is 13.2 Å². The topological polar surface area (TPSA) is 92.7 Å². The van der Waals surface area contributed by atoms with E-state index in [9.17, 15) is 4.79 Å². The molecule has 2 N–H and O–H groups in total. The van der Waals surface area contributed by atoms with Crippen LogP contribution in [0, 0.1) is 0 Å². The minimum absolute atomic E-state index is 0.150. The lowest BCUT2D eigenvalue weighted by molar-refractivity contribution is 0.170. The summed E-state index contributed by atoms with van der Waals surface area (Å²) in [5.41, 5.74) is 7.37. The van der Waals surface area contributed by atoms with E-state index in [4.69, 9.17) is 26.8 Å². The standard InChI is InChI=1S/C17H14ClN5O3/c18-12-3-1-2-4-13(12)22-17(19)21-16(23(22)20-10-24)11-5-6-14-15(9-11)26-8-7-25-14/h1-6,9,16H,7-8H2,(H2,19,21). The van der Waals surface area contributed by atoms with Gasteiger partial charge in [0.25, 0.3) is 6.08 Å². The van der Waals surface area contributed by atoms with Crippen molar-refractivity contribution in [2.45, 2.75) is 6.17 Å². The smallest absolute Gasteiger partial charge is 0.260 e. The van der Waals surface area contributed by atoms with E-state index in [1.54, 1.807) is 42.5 Å². The number of nitrogens with zero attached hydrogens (tertiary/aromatic N) is 4. The molecule has 0 spiro atoms. The monoisotopic (exact) mass is 371 g/mol. The molecule has 0 radical (unpaired) electrons. The Morgan fingerprint density at radius 3 is 2.73 bits per heavy atom. The summed E-state index contributed by atoms with van der Waals surface area (Å²) in [5.74, 6) is 1.41. The summed E-state index contributed by atoms with van der Waals surface area (Å²) in [6.45, 7) is 0.969. The van der Waals surface area contributed by atoms with Crippen LogP contribution >= 0.6 is 11.6 Å². The zero-order chi connectivity index (χ0) is 18.1. The number of hydrazone groups is 1. The second-order valence-electron chi connectivity index (χ2n) is 5.54. The number of aliphatic imine (C=N–C) groups is 1. The van der Waals surface area contributed by atoms with Crippen molar-refractivity contribution in [2.75, 3.05) is 18.2 Å². The van der Waals surface area contributed by atoms with Gasteiger partial charge in [-0.25, -0.2) is 14.8 Å². The SMILES string of the molecule is NC1=NC(c2ccc3c(c2)OCCO3)N(N=C=O)N1c1ccccc1Cl. The van der Waals surface area contributed by atoms with E-state index in [-0.39, 0.29) is 5.96 Å². The second kappa shape index (κ2) is 6.59. The lowest BCUT2D eigenvalue weighted by Gasteiger charge is -2.29. The van der Waals surface area contributed by atoms with E-state index in [0.29, 0.717) is 35.4 Å². The molecule has 0 saturated carbocycles. The van der Waals surface area contributed by atoms with Crippen LogP contribution in [0.5, 0.6) is 11.5 Å². The number of ether oxygens (including phenoxy) is 2. The van der Waals surface area contributed by atoms with Crippen molar-refractivity contribution in [1.29, 1.82) is 0 Å². The third-order valence-electron chi connectivity index (χ3n) is 3.98. The van der Waals surface area contributed by atoms with Crippen LogP contribution in [0.25, 0.3) is 0 Å². The van der Waals surface area contributed by atoms with Crippen molar-refractivity contribution >= 4 is 29.3 Å². The molecular formula is C17H14ClN5O3. The Morgan fingerprint density at radius 2 is 1.96 bits per heavy atom. The van der Waals surface area contributed by atoms with Gasteiger partial charge in [-0.3, -0.25) is 0 Å². The molecule has 0 fully saturated rings. The normalized spacial score (nSPS) is 18.3. The summed E-state index contributed by atoms with van der Waals surface area (Å²) in [5, 5.41) is 7.01. The van der Waals surface area contributed by atoms with Crippen LogP contribution in [-0.2, 0) is 4.79 Å². The first kappa shape index (κ1) is 16.3. The van der Waals surface area contributed by atoms with Crippen LogP contribution in [0.1, 0.15) is 11.7 Å². The van der Waals surface area contributed by atoms with E-state index in [1.165, 1.54) is 10.1 Å². The molecule has 9 heteroatoms. The van der Waals surface area contributed by atoms with E-state index in [0.717, 1.165) is 5.56 Å². The molecule has 2 aromatic rings. The highest BCUT2D eigenvalue weighted by atomic mass is 35.5. The number of halogens is 1. The zero-order valence-corrected chi connectivity index (χ0v) is 14.3. The first-order valence-electron chi connectivity index (χ1n) is 7.83. The molecule has 8 nitrogen and oxygen atoms in total. The van der Waals surface area contributed by atoms with Crippen LogP contribution in [-0.4, -0.2) is 30.4 Å². The molecular weight excluding hydrogens is 358 g/mol. The fourth-order valence-electron chi connectivity index (χ4n) is 2.87. The maximum atomic E-state index is 11.0. The van der Waals surface area contributed by atoms with Crippen LogP contribution < -0.4 is 20.2 Å². The van der Waals surface area contributed by atoms with Crippen molar-refractivity contribution < 1.29 is 14.3 Å². The largest absolute Gasteiger partial charge is 0.486 e. The molecule has 2 aromatic carbocycles. The zero-order valence-electron chi connectivity index (χ0n) is 13.5. The van der Waals surface area contributed by atoms with E-state index in [2.05, 4.69) is 10.1 Å². The Morgan fingerprint density at radius 1 is 1.19 bits per heavy atom. The number of para-hydroxylation sites is 1. The lowest BCUT2D eigenvalue weighted by atomic mass is 10.1. The van der Waals surface area contributed by atoms with E-state index < -0.39 is 6.17 Å². The predicted molar refractivity (Wildman–Crippen MR) is 95.7 cm³/mol. The van der Waals surface area contributed by atoms with Gasteiger partial charge in [0.15, 0.2) is 17.7 Å². The van der Waals surface area contributed by atoms with Gasteiger partial charge in [-0.05, 0) is 24.3 Å². The molecule has 1 unspecified atom stereocenters. The van der Waals surface area contributed by atoms with Crippen molar-refractivity contribution in [2.24, 2.45) is 15.8 Å². The minimum Gasteiger partial charge on any atom is -0.486 e. The molecule has 0 saturated heterocycles. The number of hydrogen-bond donors (Lipinski definition) is 1. The average molecular weight is 372 g/mol. The highest BCUT2D eigenvalue weighted by Gasteiger charge is 2.36. The second-order valence-corrected chi connectivity index (χ2v) is 5.95. The Hall–Kier alpha value is -3.22. The quantitative estimate of drug-likeness (QED) is 0.658. The minimum atomic E-state index is -0.663. The Labute approximate surface area is 154 Å². The van der Waals surface area contributed by atoms with Gasteiger partial charge in [-0.1, -0.05) is 34.9 Å². The summed E-state index contributed by atoms with van der Waals surface area (Å²) in [6.07, 6.45) is 0.879. The summed E-state index contributed by atoms with van der Waals surface area (Å²) in [4.78, 5) is 15.4. The highest BCUT2D eigenvalue weighted by molar-refractivity contribution is 6.33. The number of benzene rings is 2. The third-order valence-corrected chi connectivity index (χ3v) is 4.30. The number of fused-ring (bicyclic) bond motifs is 1. The molecule has 0 aliphatic carbocycles. The van der Waals surface area contributed by atoms with Gasteiger partial charge in [0.2, 0.25) is 5.96 Å². The summed E-state index contributed by atoms with van der Waals surface area (Å²) in [7, 11) is 0. The van der Waals surface area contributed by atoms with Crippen molar-refractivity contribution in [3.8, 4) is 11.5 Å². The maximum Gasteiger partial charge on any atom is 0.260 e. The summed E-state index contributed by atoms with van der Waals surface area (Å²) in [6, 6.07) is 12.5. The number of hydrazine groups is 1. The number of anilines is 1. The molecule has 2 aliphatic heterocycles. The van der Waals surface area contributed by atoms with Crippen LogP contribution in [0.15, 0.2) is 52.6 Å². The van der Waals surface area contributed by atoms with Crippen LogP contribution in [0.3, 0.4) is 0 Å². The van der Waals surface area contributed by atoms with Gasteiger partial charge < -0.3 is 15.2 Å². The third kappa shape index (κ3) is 2.71. The molecule has 26 heavy (non-hydrogen) atoms. The lowest BCUT2D eigenvalue weighted by Crippen LogP contribution is -2.43. The molecule has 0 amide bonds. The number of guanidine groups is 1. The van der Waals surface area contributed by atoms with Crippen LogP contribution in [0.4, 0.5) is 5.69 Å². The summed E-state index contributed by atoms with van der Waals surface area (Å²) < 4.78 is 11.1. The molecule has 1 atom stereocenters. The average Bonchev–Trinajstić information content (AvgIpc) is 2.98. The Bertz CT molecular complexity index is 928. The van der Waals surface area contributed by atoms with Gasteiger partial charge in [0, 0.05) is 5.56 Å². The molecule has 2 aliphatic rings. The van der Waals surface area contributed by atoms with Crippen molar-refractivity contribution in [3.05, 3.63) is 53.1 Å². The number of nitrogens with two attached hydrogens (primary N) is 1.